The first-order chi connectivity index (χ1) is 11.4. The third-order valence-corrected chi connectivity index (χ3v) is 4.79. The number of aromatic nitrogens is 1. The first-order valence-electron chi connectivity index (χ1n) is 7.31. The monoisotopic (exact) mass is 440 g/mol. The zero-order chi connectivity index (χ0) is 17.4. The molecule has 0 bridgehead atoms. The molecule has 1 amide bonds. The highest BCUT2D eigenvalue weighted by Gasteiger charge is 2.17. The fourth-order valence-corrected chi connectivity index (χ4v) is 3.33. The van der Waals surface area contributed by atoms with Gasteiger partial charge in [-0.1, -0.05) is 28.7 Å². The van der Waals surface area contributed by atoms with Gasteiger partial charge in [-0.15, -0.1) is 0 Å². The van der Waals surface area contributed by atoms with Gasteiger partial charge in [0.2, 0.25) is 0 Å². The molecule has 0 aliphatic heterocycles. The van der Waals surface area contributed by atoms with Gasteiger partial charge in [0.05, 0.1) is 5.56 Å². The van der Waals surface area contributed by atoms with Crippen molar-refractivity contribution in [2.45, 2.75) is 11.4 Å². The summed E-state index contributed by atoms with van der Waals surface area (Å²) in [5.41, 5.74) is 2.92. The summed E-state index contributed by atoms with van der Waals surface area (Å²) in [5.74, 6) is -1.17. The molecule has 0 atom stereocenters. The number of rotatable bonds is 3. The van der Waals surface area contributed by atoms with E-state index < -0.39 is 5.82 Å². The summed E-state index contributed by atoms with van der Waals surface area (Å²) in [6.07, 6.45) is 1.65. The lowest BCUT2D eigenvalue weighted by Gasteiger charge is -2.11. The van der Waals surface area contributed by atoms with E-state index in [1.165, 1.54) is 18.2 Å². The normalized spacial score (nSPS) is 11.0. The van der Waals surface area contributed by atoms with Crippen LogP contribution < -0.4 is 5.32 Å². The topological polar surface area (TPSA) is 34.0 Å². The number of halogens is 3. The lowest BCUT2D eigenvalue weighted by atomic mass is 10.1. The summed E-state index contributed by atoms with van der Waals surface area (Å²) < 4.78 is 29.8. The highest BCUT2D eigenvalue weighted by molar-refractivity contribution is 14.1. The van der Waals surface area contributed by atoms with Crippen molar-refractivity contribution in [2.24, 2.45) is 7.05 Å². The van der Waals surface area contributed by atoms with E-state index in [9.17, 15) is 13.6 Å². The second kappa shape index (κ2) is 6.51. The quantitative estimate of drug-likeness (QED) is 0.454. The van der Waals surface area contributed by atoms with Gasteiger partial charge in [-0.3, -0.25) is 4.79 Å². The molecular weight excluding hydrogens is 425 g/mol. The van der Waals surface area contributed by atoms with Gasteiger partial charge in [0.15, 0.2) is 0 Å². The summed E-state index contributed by atoms with van der Waals surface area (Å²) >= 11 is 2.16. The summed E-state index contributed by atoms with van der Waals surface area (Å²) in [5, 5.41) is 3.28. The van der Waals surface area contributed by atoms with Gasteiger partial charge in [0, 0.05) is 34.3 Å². The molecule has 2 aromatic carbocycles. The molecule has 0 aliphatic rings. The lowest BCUT2D eigenvalue weighted by molar-refractivity contribution is 0.102. The molecule has 0 saturated heterocycles. The molecule has 0 aliphatic carbocycles. The molecule has 0 spiro atoms. The Balaban J connectivity index is 2.02. The number of aryl methyl sites for hydroxylation is 2. The van der Waals surface area contributed by atoms with E-state index >= 15 is 0 Å². The Kier molecular flexibility index (Phi) is 4.58. The van der Waals surface area contributed by atoms with Gasteiger partial charge in [-0.25, -0.2) is 8.78 Å². The fourth-order valence-electron chi connectivity index (χ4n) is 2.70. The molecule has 1 heterocycles. The van der Waals surface area contributed by atoms with Gasteiger partial charge in [-0.05, 0) is 42.3 Å². The summed E-state index contributed by atoms with van der Waals surface area (Å²) in [6.45, 7) is 1.68. The van der Waals surface area contributed by atoms with Crippen LogP contribution in [0.3, 0.4) is 0 Å². The predicted molar refractivity (Wildman–Crippen MR) is 99.7 cm³/mol. The molecule has 24 heavy (non-hydrogen) atoms. The molecular formula is C18H15F2IN2O. The number of benzene rings is 2. The summed E-state index contributed by atoms with van der Waals surface area (Å²) in [4.78, 5) is 12.6. The minimum atomic E-state index is -0.405. The number of hydrogen-bond donors (Lipinski definition) is 1. The maximum absolute atomic E-state index is 13.9. The second-order valence-electron chi connectivity index (χ2n) is 5.66. The SMILES string of the molecule is Cc1cc(CI)c(NC(=O)c2cn(C)c3ccc(F)cc23)cc1F. The van der Waals surface area contributed by atoms with E-state index in [4.69, 9.17) is 0 Å². The number of hydrogen-bond acceptors (Lipinski definition) is 1. The van der Waals surface area contributed by atoms with Crippen molar-refractivity contribution < 1.29 is 13.6 Å². The number of fused-ring (bicyclic) bond motifs is 1. The molecule has 0 saturated carbocycles. The molecule has 6 heteroatoms. The molecule has 0 radical (unpaired) electrons. The molecule has 0 fully saturated rings. The molecule has 1 N–H and O–H groups in total. The molecule has 3 rings (SSSR count). The van der Waals surface area contributed by atoms with Crippen LogP contribution in [-0.2, 0) is 11.5 Å². The zero-order valence-electron chi connectivity index (χ0n) is 13.2. The Labute approximate surface area is 151 Å². The highest BCUT2D eigenvalue weighted by atomic mass is 127. The Bertz CT molecular complexity index is 950. The van der Waals surface area contributed by atoms with Crippen LogP contribution in [0.4, 0.5) is 14.5 Å². The van der Waals surface area contributed by atoms with Gasteiger partial charge in [-0.2, -0.15) is 0 Å². The van der Waals surface area contributed by atoms with Crippen LogP contribution in [0.1, 0.15) is 21.5 Å². The Hall–Kier alpha value is -1.96. The maximum Gasteiger partial charge on any atom is 0.257 e. The molecule has 0 unspecified atom stereocenters. The Morgan fingerprint density at radius 1 is 1.25 bits per heavy atom. The third-order valence-electron chi connectivity index (χ3n) is 3.97. The number of carbonyl (C=O) groups excluding carboxylic acids is 1. The largest absolute Gasteiger partial charge is 0.350 e. The zero-order valence-corrected chi connectivity index (χ0v) is 15.3. The minimum absolute atomic E-state index is 0.354. The lowest BCUT2D eigenvalue weighted by Crippen LogP contribution is -2.13. The van der Waals surface area contributed by atoms with Crippen molar-refractivity contribution in [3.63, 3.8) is 0 Å². The van der Waals surface area contributed by atoms with Crippen LogP contribution in [0.15, 0.2) is 36.5 Å². The van der Waals surface area contributed by atoms with Crippen LogP contribution in [-0.4, -0.2) is 10.5 Å². The van der Waals surface area contributed by atoms with Crippen molar-refractivity contribution in [3.05, 3.63) is 64.9 Å². The van der Waals surface area contributed by atoms with E-state index in [0.29, 0.717) is 26.6 Å². The smallest absolute Gasteiger partial charge is 0.257 e. The fraction of sp³-hybridized carbons (Fsp3) is 0.167. The van der Waals surface area contributed by atoms with E-state index in [0.717, 1.165) is 11.1 Å². The van der Waals surface area contributed by atoms with Crippen LogP contribution >= 0.6 is 22.6 Å². The highest BCUT2D eigenvalue weighted by Crippen LogP contribution is 2.26. The number of anilines is 1. The van der Waals surface area contributed by atoms with Gasteiger partial charge in [0.1, 0.15) is 11.6 Å². The van der Waals surface area contributed by atoms with Gasteiger partial charge >= 0.3 is 0 Å². The van der Waals surface area contributed by atoms with Gasteiger partial charge < -0.3 is 9.88 Å². The summed E-state index contributed by atoms with van der Waals surface area (Å²) in [6, 6.07) is 7.36. The number of carbonyl (C=O) groups is 1. The van der Waals surface area contributed by atoms with Crippen molar-refractivity contribution in [1.29, 1.82) is 0 Å². The molecule has 1 aromatic heterocycles. The maximum atomic E-state index is 13.9. The van der Waals surface area contributed by atoms with E-state index in [-0.39, 0.29) is 11.7 Å². The van der Waals surface area contributed by atoms with Crippen molar-refractivity contribution in [3.8, 4) is 0 Å². The van der Waals surface area contributed by atoms with Crippen LogP contribution in [0.2, 0.25) is 0 Å². The van der Waals surface area contributed by atoms with Crippen molar-refractivity contribution in [1.82, 2.24) is 4.57 Å². The Morgan fingerprint density at radius 2 is 2.00 bits per heavy atom. The molecule has 124 valence electrons. The number of alkyl halides is 1. The van der Waals surface area contributed by atoms with Crippen molar-refractivity contribution >= 4 is 45.1 Å². The molecule has 3 nitrogen and oxygen atoms in total. The number of nitrogens with one attached hydrogen (secondary N) is 1. The standard InChI is InChI=1S/C18H15F2IN2O/c1-10-5-11(8-21)16(7-15(10)20)22-18(24)14-9-23(2)17-4-3-12(19)6-13(14)17/h3-7,9H,8H2,1-2H3,(H,22,24). The number of amides is 1. The van der Waals surface area contributed by atoms with Crippen LogP contribution in [0.5, 0.6) is 0 Å². The minimum Gasteiger partial charge on any atom is -0.350 e. The second-order valence-corrected chi connectivity index (χ2v) is 6.42. The summed E-state index contributed by atoms with van der Waals surface area (Å²) in [7, 11) is 1.79. The molecule has 3 aromatic rings. The number of nitrogens with zero attached hydrogens (tertiary/aromatic N) is 1. The predicted octanol–water partition coefficient (Wildman–Crippen LogP) is 4.95. The average Bonchev–Trinajstić information content (AvgIpc) is 2.87. The van der Waals surface area contributed by atoms with Crippen LogP contribution in [0, 0.1) is 18.6 Å². The van der Waals surface area contributed by atoms with E-state index in [1.54, 1.807) is 36.9 Å². The Morgan fingerprint density at radius 3 is 2.71 bits per heavy atom. The van der Waals surface area contributed by atoms with Crippen molar-refractivity contribution in [2.75, 3.05) is 5.32 Å². The van der Waals surface area contributed by atoms with Gasteiger partial charge in [0.25, 0.3) is 5.91 Å². The first kappa shape index (κ1) is 16.9. The van der Waals surface area contributed by atoms with Crippen LogP contribution in [0.25, 0.3) is 10.9 Å². The van der Waals surface area contributed by atoms with E-state index in [2.05, 4.69) is 27.9 Å². The average molecular weight is 440 g/mol. The first-order valence-corrected chi connectivity index (χ1v) is 8.84. The van der Waals surface area contributed by atoms with E-state index in [1.807, 2.05) is 0 Å². The third kappa shape index (κ3) is 3.02.